The number of likely N-dealkylation sites (tertiary alicyclic amines) is 1. The summed E-state index contributed by atoms with van der Waals surface area (Å²) in [7, 11) is 0. The van der Waals surface area contributed by atoms with E-state index in [-0.39, 0.29) is 35.4 Å². The molecule has 2 aromatic heterocycles. The molecule has 1 N–H and O–H groups in total. The molecule has 10 heteroatoms. The molecule has 0 spiro atoms. The minimum atomic E-state index is -0.546. The summed E-state index contributed by atoms with van der Waals surface area (Å²) in [6.45, 7) is 6.64. The predicted molar refractivity (Wildman–Crippen MR) is 111 cm³/mol. The van der Waals surface area contributed by atoms with Crippen LogP contribution in [0.1, 0.15) is 50.9 Å². The van der Waals surface area contributed by atoms with Crippen molar-refractivity contribution in [3.63, 3.8) is 0 Å². The van der Waals surface area contributed by atoms with Crippen molar-refractivity contribution in [2.75, 3.05) is 13.1 Å². The van der Waals surface area contributed by atoms with Gasteiger partial charge in [0.25, 0.3) is 5.56 Å². The molecule has 1 fully saturated rings. The number of amides is 1. The molecule has 164 valence electrons. The van der Waals surface area contributed by atoms with Gasteiger partial charge in [0.15, 0.2) is 11.2 Å². The number of hydrogen-bond acceptors (Lipinski definition) is 6. The lowest BCUT2D eigenvalue weighted by Crippen LogP contribution is -2.41. The molecule has 31 heavy (non-hydrogen) atoms. The zero-order valence-corrected chi connectivity index (χ0v) is 17.8. The van der Waals surface area contributed by atoms with Gasteiger partial charge in [-0.25, -0.2) is 18.9 Å². The molecule has 3 heterocycles. The quantitative estimate of drug-likeness (QED) is 0.688. The Morgan fingerprint density at radius 1 is 1.26 bits per heavy atom. The van der Waals surface area contributed by atoms with E-state index < -0.39 is 5.60 Å². The van der Waals surface area contributed by atoms with Crippen LogP contribution in [0, 0.1) is 5.82 Å². The molecule has 1 aliphatic rings. The SMILES string of the molecule is CC(C)(C)OC(=O)N1CCC(c2nc3c(nnn3Cc3ccccc3F)c(=O)[nH]2)CC1. The number of ether oxygens (including phenoxy) is 1. The smallest absolute Gasteiger partial charge is 0.410 e. The van der Waals surface area contributed by atoms with Crippen LogP contribution >= 0.6 is 0 Å². The van der Waals surface area contributed by atoms with Crippen LogP contribution in [0.15, 0.2) is 29.1 Å². The third kappa shape index (κ3) is 4.57. The van der Waals surface area contributed by atoms with Gasteiger partial charge in [0.1, 0.15) is 17.2 Å². The first-order valence-electron chi connectivity index (χ1n) is 10.3. The second-order valence-corrected chi connectivity index (χ2v) is 8.70. The Hall–Kier alpha value is -3.30. The average Bonchev–Trinajstić information content (AvgIpc) is 3.12. The Bertz CT molecular complexity index is 1160. The maximum absolute atomic E-state index is 14.0. The fourth-order valence-corrected chi connectivity index (χ4v) is 3.63. The third-order valence-electron chi connectivity index (χ3n) is 5.20. The Labute approximate surface area is 178 Å². The summed E-state index contributed by atoms with van der Waals surface area (Å²) in [5.41, 5.74) is -0.0594. The number of aromatic amines is 1. The number of nitrogens with zero attached hydrogens (tertiary/aromatic N) is 5. The number of halogens is 1. The molecule has 3 aromatic rings. The second kappa shape index (κ2) is 8.09. The fourth-order valence-electron chi connectivity index (χ4n) is 3.63. The van der Waals surface area contributed by atoms with Crippen molar-refractivity contribution >= 4 is 17.3 Å². The zero-order valence-electron chi connectivity index (χ0n) is 17.8. The molecule has 0 unspecified atom stereocenters. The largest absolute Gasteiger partial charge is 0.444 e. The Balaban J connectivity index is 1.54. The van der Waals surface area contributed by atoms with E-state index >= 15 is 0 Å². The lowest BCUT2D eigenvalue weighted by molar-refractivity contribution is 0.0203. The monoisotopic (exact) mass is 428 g/mol. The highest BCUT2D eigenvalue weighted by molar-refractivity contribution is 5.69. The number of piperidine rings is 1. The van der Waals surface area contributed by atoms with Gasteiger partial charge in [-0.15, -0.1) is 5.10 Å². The molecule has 1 saturated heterocycles. The Morgan fingerprint density at radius 3 is 2.65 bits per heavy atom. The molecule has 1 amide bonds. The van der Waals surface area contributed by atoms with E-state index in [1.54, 1.807) is 23.1 Å². The van der Waals surface area contributed by atoms with Crippen molar-refractivity contribution in [2.45, 2.75) is 51.7 Å². The van der Waals surface area contributed by atoms with Gasteiger partial charge in [-0.1, -0.05) is 23.4 Å². The standard InChI is InChI=1S/C21H25FN6O3/c1-21(2,3)31-20(30)27-10-8-13(9-11-27)17-23-18-16(19(29)24-17)25-26-28(18)12-14-6-4-5-7-15(14)22/h4-7,13H,8-12H2,1-3H3,(H,23,24,29). The first kappa shape index (κ1) is 21.0. The number of hydrogen-bond donors (Lipinski definition) is 1. The van der Waals surface area contributed by atoms with E-state index in [2.05, 4.69) is 20.3 Å². The first-order valence-corrected chi connectivity index (χ1v) is 10.3. The zero-order chi connectivity index (χ0) is 22.2. The van der Waals surface area contributed by atoms with Crippen LogP contribution in [0.2, 0.25) is 0 Å². The number of benzene rings is 1. The molecule has 0 atom stereocenters. The van der Waals surface area contributed by atoms with Crippen LogP contribution in [0.25, 0.3) is 11.2 Å². The van der Waals surface area contributed by atoms with Crippen molar-refractivity contribution in [2.24, 2.45) is 0 Å². The van der Waals surface area contributed by atoms with Crippen LogP contribution in [0.4, 0.5) is 9.18 Å². The number of rotatable bonds is 3. The maximum Gasteiger partial charge on any atom is 0.410 e. The van der Waals surface area contributed by atoms with Crippen molar-refractivity contribution in [3.8, 4) is 0 Å². The summed E-state index contributed by atoms with van der Waals surface area (Å²) >= 11 is 0. The van der Waals surface area contributed by atoms with Crippen LogP contribution in [0.3, 0.4) is 0 Å². The lowest BCUT2D eigenvalue weighted by atomic mass is 9.96. The maximum atomic E-state index is 14.0. The Morgan fingerprint density at radius 2 is 1.97 bits per heavy atom. The number of fused-ring (bicyclic) bond motifs is 1. The number of carbonyl (C=O) groups is 1. The number of H-pyrrole nitrogens is 1. The highest BCUT2D eigenvalue weighted by Gasteiger charge is 2.29. The number of carbonyl (C=O) groups excluding carboxylic acids is 1. The van der Waals surface area contributed by atoms with E-state index in [0.717, 1.165) is 0 Å². The molecule has 0 saturated carbocycles. The molecule has 0 radical (unpaired) electrons. The molecule has 1 aliphatic heterocycles. The van der Waals surface area contributed by atoms with E-state index in [0.29, 0.717) is 43.0 Å². The minimum absolute atomic E-state index is 0.0207. The number of nitrogens with one attached hydrogen (secondary N) is 1. The summed E-state index contributed by atoms with van der Waals surface area (Å²) in [4.78, 5) is 33.9. The summed E-state index contributed by atoms with van der Waals surface area (Å²) in [5, 5.41) is 7.91. The summed E-state index contributed by atoms with van der Waals surface area (Å²) in [6, 6.07) is 6.38. The van der Waals surface area contributed by atoms with Crippen LogP contribution in [-0.4, -0.2) is 54.6 Å². The van der Waals surface area contributed by atoms with Gasteiger partial charge in [-0.05, 0) is 39.7 Å². The second-order valence-electron chi connectivity index (χ2n) is 8.70. The van der Waals surface area contributed by atoms with Gasteiger partial charge in [0.05, 0.1) is 6.54 Å². The molecule has 0 bridgehead atoms. The van der Waals surface area contributed by atoms with Gasteiger partial charge >= 0.3 is 6.09 Å². The highest BCUT2D eigenvalue weighted by Crippen LogP contribution is 2.26. The summed E-state index contributed by atoms with van der Waals surface area (Å²) < 4.78 is 20.9. The topological polar surface area (TPSA) is 106 Å². The Kier molecular flexibility index (Phi) is 5.47. The van der Waals surface area contributed by atoms with Gasteiger partial charge in [0.2, 0.25) is 0 Å². The van der Waals surface area contributed by atoms with E-state index in [4.69, 9.17) is 4.74 Å². The van der Waals surface area contributed by atoms with E-state index in [1.165, 1.54) is 10.7 Å². The molecule has 0 aliphatic carbocycles. The van der Waals surface area contributed by atoms with Crippen molar-refractivity contribution in [3.05, 3.63) is 51.8 Å². The van der Waals surface area contributed by atoms with Crippen LogP contribution in [-0.2, 0) is 11.3 Å². The molecule has 9 nitrogen and oxygen atoms in total. The molecule has 1 aromatic carbocycles. The minimum Gasteiger partial charge on any atom is -0.444 e. The molecular weight excluding hydrogens is 403 g/mol. The molecular formula is C21H25FN6O3. The third-order valence-corrected chi connectivity index (χ3v) is 5.20. The van der Waals surface area contributed by atoms with Crippen LogP contribution in [0.5, 0.6) is 0 Å². The number of aromatic nitrogens is 5. The van der Waals surface area contributed by atoms with E-state index in [1.807, 2.05) is 20.8 Å². The van der Waals surface area contributed by atoms with Crippen molar-refractivity contribution < 1.29 is 13.9 Å². The average molecular weight is 428 g/mol. The first-order chi connectivity index (χ1) is 14.7. The van der Waals surface area contributed by atoms with Crippen molar-refractivity contribution in [1.29, 1.82) is 0 Å². The van der Waals surface area contributed by atoms with E-state index in [9.17, 15) is 14.0 Å². The van der Waals surface area contributed by atoms with Gasteiger partial charge in [-0.3, -0.25) is 4.79 Å². The summed E-state index contributed by atoms with van der Waals surface area (Å²) in [6.07, 6.45) is 0.945. The van der Waals surface area contributed by atoms with Gasteiger partial charge < -0.3 is 14.6 Å². The van der Waals surface area contributed by atoms with Gasteiger partial charge in [-0.2, -0.15) is 0 Å². The fraction of sp³-hybridized carbons (Fsp3) is 0.476. The normalized spacial score (nSPS) is 15.4. The van der Waals surface area contributed by atoms with Gasteiger partial charge in [0, 0.05) is 24.6 Å². The highest BCUT2D eigenvalue weighted by atomic mass is 19.1. The lowest BCUT2D eigenvalue weighted by Gasteiger charge is -2.33. The molecule has 4 rings (SSSR count). The van der Waals surface area contributed by atoms with Crippen LogP contribution < -0.4 is 5.56 Å². The summed E-state index contributed by atoms with van der Waals surface area (Å²) in [5.74, 6) is 0.150. The van der Waals surface area contributed by atoms with Crippen molar-refractivity contribution in [1.82, 2.24) is 29.9 Å². The predicted octanol–water partition coefficient (Wildman–Crippen LogP) is 2.82.